The van der Waals surface area contributed by atoms with Crippen LogP contribution in [0.4, 0.5) is 14.7 Å². The summed E-state index contributed by atoms with van der Waals surface area (Å²) in [5.74, 6) is -0.583. The van der Waals surface area contributed by atoms with Gasteiger partial charge in [0.05, 0.1) is 6.20 Å². The molecule has 1 aromatic carbocycles. The largest absolute Gasteiger partial charge is 0.436 e. The van der Waals surface area contributed by atoms with Crippen LogP contribution in [0.15, 0.2) is 24.4 Å². The Bertz CT molecular complexity index is 605. The Morgan fingerprint density at radius 3 is 2.80 bits per heavy atom. The van der Waals surface area contributed by atoms with Crippen LogP contribution in [0.5, 0.6) is 11.6 Å². The van der Waals surface area contributed by atoms with Crippen LogP contribution in [0, 0.1) is 18.6 Å². The second kappa shape index (κ2) is 6.27. The molecule has 0 unspecified atom stereocenters. The number of hydrogen-bond acceptors (Lipinski definition) is 4. The third-order valence-corrected chi connectivity index (χ3v) is 2.59. The molecule has 0 fully saturated rings. The van der Waals surface area contributed by atoms with Crippen LogP contribution in [0.3, 0.4) is 0 Å². The predicted molar refractivity (Wildman–Crippen MR) is 72.0 cm³/mol. The van der Waals surface area contributed by atoms with Gasteiger partial charge in [-0.15, -0.1) is 0 Å². The van der Waals surface area contributed by atoms with Crippen molar-refractivity contribution >= 4 is 5.95 Å². The van der Waals surface area contributed by atoms with Gasteiger partial charge in [-0.3, -0.25) is 0 Å². The number of anilines is 1. The quantitative estimate of drug-likeness (QED) is 0.907. The van der Waals surface area contributed by atoms with Crippen molar-refractivity contribution in [1.82, 2.24) is 9.97 Å². The molecule has 0 atom stereocenters. The molecule has 0 saturated carbocycles. The molecule has 2 aromatic rings. The standard InChI is InChI=1S/C14H15F2N3O/c1-3-6-17-14-18-8-11(16)13(19-14)20-12-5-4-10(15)7-9(12)2/h4-5,7-8H,3,6H2,1-2H3,(H,17,18,19). The lowest BCUT2D eigenvalue weighted by atomic mass is 10.2. The second-order valence-corrected chi connectivity index (χ2v) is 4.29. The summed E-state index contributed by atoms with van der Waals surface area (Å²) in [6.07, 6.45) is 1.94. The van der Waals surface area contributed by atoms with E-state index in [-0.39, 0.29) is 11.7 Å². The van der Waals surface area contributed by atoms with Crippen molar-refractivity contribution in [3.05, 3.63) is 41.6 Å². The lowest BCUT2D eigenvalue weighted by Gasteiger charge is -2.10. The molecule has 1 N–H and O–H groups in total. The maximum absolute atomic E-state index is 13.6. The van der Waals surface area contributed by atoms with Crippen molar-refractivity contribution < 1.29 is 13.5 Å². The lowest BCUT2D eigenvalue weighted by Crippen LogP contribution is -2.06. The molecular weight excluding hydrogens is 264 g/mol. The molecule has 4 nitrogen and oxygen atoms in total. The highest BCUT2D eigenvalue weighted by Crippen LogP contribution is 2.26. The van der Waals surface area contributed by atoms with Crippen LogP contribution in [0.1, 0.15) is 18.9 Å². The number of nitrogens with zero attached hydrogens (tertiary/aromatic N) is 2. The molecule has 0 aliphatic rings. The van der Waals surface area contributed by atoms with Gasteiger partial charge in [0.15, 0.2) is 0 Å². The number of aryl methyl sites for hydroxylation is 1. The molecular formula is C14H15F2N3O. The summed E-state index contributed by atoms with van der Waals surface area (Å²) in [6, 6.07) is 3.99. The summed E-state index contributed by atoms with van der Waals surface area (Å²) in [4.78, 5) is 7.77. The Morgan fingerprint density at radius 1 is 1.30 bits per heavy atom. The monoisotopic (exact) mass is 279 g/mol. The molecule has 20 heavy (non-hydrogen) atoms. The zero-order valence-corrected chi connectivity index (χ0v) is 11.3. The van der Waals surface area contributed by atoms with Gasteiger partial charge in [0.1, 0.15) is 11.6 Å². The van der Waals surface area contributed by atoms with Crippen LogP contribution in [-0.4, -0.2) is 16.5 Å². The highest BCUT2D eigenvalue weighted by atomic mass is 19.1. The molecule has 0 aliphatic heterocycles. The molecule has 6 heteroatoms. The summed E-state index contributed by atoms with van der Waals surface area (Å²) in [5.41, 5.74) is 0.561. The third kappa shape index (κ3) is 3.40. The van der Waals surface area contributed by atoms with E-state index in [1.807, 2.05) is 6.92 Å². The van der Waals surface area contributed by atoms with E-state index in [1.54, 1.807) is 6.92 Å². The van der Waals surface area contributed by atoms with E-state index in [0.29, 0.717) is 23.8 Å². The van der Waals surface area contributed by atoms with Crippen LogP contribution in [0.2, 0.25) is 0 Å². The van der Waals surface area contributed by atoms with Gasteiger partial charge < -0.3 is 10.1 Å². The Kier molecular flexibility index (Phi) is 4.45. The first-order valence-corrected chi connectivity index (χ1v) is 6.30. The first-order chi connectivity index (χ1) is 9.60. The maximum Gasteiger partial charge on any atom is 0.260 e. The van der Waals surface area contributed by atoms with Gasteiger partial charge in [-0.1, -0.05) is 6.92 Å². The fraction of sp³-hybridized carbons (Fsp3) is 0.286. The van der Waals surface area contributed by atoms with E-state index in [4.69, 9.17) is 4.74 Å². The van der Waals surface area contributed by atoms with E-state index >= 15 is 0 Å². The van der Waals surface area contributed by atoms with E-state index in [9.17, 15) is 8.78 Å². The Balaban J connectivity index is 2.23. The van der Waals surface area contributed by atoms with Crippen molar-refractivity contribution in [2.24, 2.45) is 0 Å². The summed E-state index contributed by atoms with van der Waals surface area (Å²) < 4.78 is 32.0. The van der Waals surface area contributed by atoms with E-state index in [0.717, 1.165) is 12.6 Å². The SMILES string of the molecule is CCCNc1ncc(F)c(Oc2ccc(F)cc2C)n1. The molecule has 0 saturated heterocycles. The molecule has 1 heterocycles. The summed E-state index contributed by atoms with van der Waals surface area (Å²) in [6.45, 7) is 4.35. The fourth-order valence-corrected chi connectivity index (χ4v) is 1.58. The third-order valence-electron chi connectivity index (χ3n) is 2.59. The number of aromatic nitrogens is 2. The Hall–Kier alpha value is -2.24. The number of halogens is 2. The first kappa shape index (κ1) is 14.2. The van der Waals surface area contributed by atoms with Gasteiger partial charge >= 0.3 is 0 Å². The first-order valence-electron chi connectivity index (χ1n) is 6.30. The van der Waals surface area contributed by atoms with Crippen LogP contribution < -0.4 is 10.1 Å². The minimum atomic E-state index is -0.671. The Labute approximate surface area is 115 Å². The molecule has 0 radical (unpaired) electrons. The number of rotatable bonds is 5. The van der Waals surface area contributed by atoms with Crippen molar-refractivity contribution in [3.63, 3.8) is 0 Å². The zero-order chi connectivity index (χ0) is 14.5. The maximum atomic E-state index is 13.6. The van der Waals surface area contributed by atoms with Gasteiger partial charge in [0.2, 0.25) is 11.8 Å². The normalized spacial score (nSPS) is 10.4. The number of benzene rings is 1. The van der Waals surface area contributed by atoms with Crippen molar-refractivity contribution in [1.29, 1.82) is 0 Å². The van der Waals surface area contributed by atoms with Crippen molar-refractivity contribution in [2.45, 2.75) is 20.3 Å². The molecule has 106 valence electrons. The molecule has 0 bridgehead atoms. The fourth-order valence-electron chi connectivity index (χ4n) is 1.58. The topological polar surface area (TPSA) is 47.0 Å². The average Bonchev–Trinajstić information content (AvgIpc) is 2.42. The Morgan fingerprint density at radius 2 is 2.10 bits per heavy atom. The average molecular weight is 279 g/mol. The van der Waals surface area contributed by atoms with Gasteiger partial charge in [-0.05, 0) is 37.1 Å². The number of nitrogens with one attached hydrogen (secondary N) is 1. The lowest BCUT2D eigenvalue weighted by molar-refractivity contribution is 0.417. The van der Waals surface area contributed by atoms with Gasteiger partial charge in [0, 0.05) is 6.54 Å². The molecule has 0 amide bonds. The van der Waals surface area contributed by atoms with Crippen LogP contribution in [0.25, 0.3) is 0 Å². The van der Waals surface area contributed by atoms with Crippen molar-refractivity contribution in [3.8, 4) is 11.6 Å². The molecule has 0 spiro atoms. The highest BCUT2D eigenvalue weighted by Gasteiger charge is 2.11. The highest BCUT2D eigenvalue weighted by molar-refractivity contribution is 5.37. The molecule has 0 aliphatic carbocycles. The second-order valence-electron chi connectivity index (χ2n) is 4.29. The van der Waals surface area contributed by atoms with Gasteiger partial charge in [-0.2, -0.15) is 9.37 Å². The van der Waals surface area contributed by atoms with Gasteiger partial charge in [0.25, 0.3) is 5.88 Å². The molecule has 2 rings (SSSR count). The van der Waals surface area contributed by atoms with E-state index < -0.39 is 5.82 Å². The van der Waals surface area contributed by atoms with Crippen molar-refractivity contribution in [2.75, 3.05) is 11.9 Å². The molecule has 1 aromatic heterocycles. The summed E-state index contributed by atoms with van der Waals surface area (Å²) >= 11 is 0. The van der Waals surface area contributed by atoms with Crippen LogP contribution in [-0.2, 0) is 0 Å². The number of ether oxygens (including phenoxy) is 1. The van der Waals surface area contributed by atoms with E-state index in [2.05, 4.69) is 15.3 Å². The summed E-state index contributed by atoms with van der Waals surface area (Å²) in [5, 5.41) is 2.94. The summed E-state index contributed by atoms with van der Waals surface area (Å²) in [7, 11) is 0. The number of hydrogen-bond donors (Lipinski definition) is 1. The zero-order valence-electron chi connectivity index (χ0n) is 11.3. The van der Waals surface area contributed by atoms with E-state index in [1.165, 1.54) is 18.2 Å². The smallest absolute Gasteiger partial charge is 0.260 e. The minimum Gasteiger partial charge on any atom is -0.436 e. The van der Waals surface area contributed by atoms with Crippen LogP contribution >= 0.6 is 0 Å². The minimum absolute atomic E-state index is 0.187. The van der Waals surface area contributed by atoms with Gasteiger partial charge in [-0.25, -0.2) is 9.37 Å². The predicted octanol–water partition coefficient (Wildman–Crippen LogP) is 3.68.